The van der Waals surface area contributed by atoms with Gasteiger partial charge in [-0.25, -0.2) is 4.99 Å². The second-order valence-corrected chi connectivity index (χ2v) is 8.54. The van der Waals surface area contributed by atoms with Crippen molar-refractivity contribution in [2.24, 2.45) is 18.0 Å². The predicted molar refractivity (Wildman–Crippen MR) is 130 cm³/mol. The lowest BCUT2D eigenvalue weighted by molar-refractivity contribution is 0.0389. The van der Waals surface area contributed by atoms with E-state index >= 15 is 0 Å². The van der Waals surface area contributed by atoms with Gasteiger partial charge in [-0.1, -0.05) is 6.92 Å². The normalized spacial score (nSPS) is 23.6. The average molecular weight is 534 g/mol. The molecule has 0 radical (unpaired) electrons. The van der Waals surface area contributed by atoms with E-state index in [4.69, 9.17) is 9.73 Å². The zero-order valence-corrected chi connectivity index (χ0v) is 21.4. The lowest BCUT2D eigenvalue weighted by atomic mass is 10.1. The summed E-state index contributed by atoms with van der Waals surface area (Å²) in [5.41, 5.74) is 0. The fraction of sp³-hybridized carbons (Fsp3) is 0.850. The van der Waals surface area contributed by atoms with Crippen LogP contribution >= 0.6 is 24.0 Å². The first-order valence-corrected chi connectivity index (χ1v) is 10.9. The van der Waals surface area contributed by atoms with Crippen LogP contribution in [0.2, 0.25) is 0 Å². The minimum absolute atomic E-state index is 0. The van der Waals surface area contributed by atoms with E-state index < -0.39 is 0 Å². The number of aromatic nitrogens is 3. The van der Waals surface area contributed by atoms with Crippen molar-refractivity contribution in [3.05, 3.63) is 11.6 Å². The van der Waals surface area contributed by atoms with Gasteiger partial charge in [-0.05, 0) is 26.7 Å². The molecule has 2 saturated heterocycles. The SMILES string of the molecule is Cc1nnc(CN=C(NCCN2CCOCC2)NC2CN(C(C)C)CC2C)n1C.I. The second-order valence-electron chi connectivity index (χ2n) is 8.54. The van der Waals surface area contributed by atoms with Crippen LogP contribution in [0.15, 0.2) is 4.99 Å². The molecule has 1 aromatic rings. The highest BCUT2D eigenvalue weighted by Crippen LogP contribution is 2.18. The summed E-state index contributed by atoms with van der Waals surface area (Å²) in [7, 11) is 1.98. The van der Waals surface area contributed by atoms with E-state index in [9.17, 15) is 0 Å². The lowest BCUT2D eigenvalue weighted by Crippen LogP contribution is -2.49. The fourth-order valence-electron chi connectivity index (χ4n) is 3.84. The molecule has 0 aromatic carbocycles. The van der Waals surface area contributed by atoms with Gasteiger partial charge < -0.3 is 19.9 Å². The molecule has 2 N–H and O–H groups in total. The van der Waals surface area contributed by atoms with Crippen LogP contribution in [0.3, 0.4) is 0 Å². The van der Waals surface area contributed by atoms with Gasteiger partial charge in [0.25, 0.3) is 0 Å². The Labute approximate surface area is 198 Å². The highest BCUT2D eigenvalue weighted by atomic mass is 127. The lowest BCUT2D eigenvalue weighted by Gasteiger charge is -2.27. The van der Waals surface area contributed by atoms with Crippen LogP contribution in [0.4, 0.5) is 0 Å². The molecule has 2 unspecified atom stereocenters. The molecule has 0 spiro atoms. The number of likely N-dealkylation sites (tertiary alicyclic amines) is 1. The molecular weight excluding hydrogens is 495 g/mol. The molecule has 2 fully saturated rings. The Balaban J connectivity index is 0.00000320. The Hall–Kier alpha value is -0.980. The first-order valence-electron chi connectivity index (χ1n) is 10.9. The van der Waals surface area contributed by atoms with Crippen molar-refractivity contribution in [3.63, 3.8) is 0 Å². The van der Waals surface area contributed by atoms with Gasteiger partial charge in [0.15, 0.2) is 11.8 Å². The number of rotatable bonds is 7. The van der Waals surface area contributed by atoms with Crippen LogP contribution in [0, 0.1) is 12.8 Å². The van der Waals surface area contributed by atoms with Crippen molar-refractivity contribution in [2.75, 3.05) is 52.5 Å². The molecule has 0 aliphatic carbocycles. The number of morpholine rings is 1. The number of guanidine groups is 1. The van der Waals surface area contributed by atoms with Gasteiger partial charge in [0.2, 0.25) is 0 Å². The fourth-order valence-corrected chi connectivity index (χ4v) is 3.84. The summed E-state index contributed by atoms with van der Waals surface area (Å²) in [4.78, 5) is 9.78. The number of nitrogens with one attached hydrogen (secondary N) is 2. The molecule has 2 aliphatic heterocycles. The van der Waals surface area contributed by atoms with Crippen LogP contribution < -0.4 is 10.6 Å². The number of hydrogen-bond donors (Lipinski definition) is 2. The summed E-state index contributed by atoms with van der Waals surface area (Å²) >= 11 is 0. The van der Waals surface area contributed by atoms with Crippen LogP contribution in [0.25, 0.3) is 0 Å². The topological polar surface area (TPSA) is 82.8 Å². The second kappa shape index (κ2) is 12.2. The Kier molecular flexibility index (Phi) is 10.2. The molecule has 0 amide bonds. The van der Waals surface area contributed by atoms with Gasteiger partial charge in [-0.15, -0.1) is 34.2 Å². The van der Waals surface area contributed by atoms with E-state index in [2.05, 4.69) is 51.4 Å². The Morgan fingerprint density at radius 1 is 1.23 bits per heavy atom. The Morgan fingerprint density at radius 2 is 1.97 bits per heavy atom. The third-order valence-corrected chi connectivity index (χ3v) is 6.08. The molecule has 1 aromatic heterocycles. The number of hydrogen-bond acceptors (Lipinski definition) is 6. The number of halogens is 1. The maximum atomic E-state index is 5.44. The van der Waals surface area contributed by atoms with Crippen molar-refractivity contribution >= 4 is 29.9 Å². The summed E-state index contributed by atoms with van der Waals surface area (Å²) in [5.74, 6) is 3.23. The quantitative estimate of drug-likeness (QED) is 0.305. The van der Waals surface area contributed by atoms with Crippen molar-refractivity contribution in [1.29, 1.82) is 0 Å². The zero-order chi connectivity index (χ0) is 20.8. The number of ether oxygens (including phenoxy) is 1. The highest BCUT2D eigenvalue weighted by Gasteiger charge is 2.31. The summed E-state index contributed by atoms with van der Waals surface area (Å²) < 4.78 is 7.43. The van der Waals surface area contributed by atoms with Gasteiger partial charge >= 0.3 is 0 Å². The molecule has 172 valence electrons. The van der Waals surface area contributed by atoms with E-state index in [0.717, 1.165) is 70.1 Å². The van der Waals surface area contributed by atoms with E-state index in [1.807, 2.05) is 18.5 Å². The smallest absolute Gasteiger partial charge is 0.192 e. The van der Waals surface area contributed by atoms with E-state index in [-0.39, 0.29) is 24.0 Å². The van der Waals surface area contributed by atoms with Crippen LogP contribution in [0.5, 0.6) is 0 Å². The molecule has 3 rings (SSSR count). The summed E-state index contributed by atoms with van der Waals surface area (Å²) in [6, 6.07) is 0.966. The summed E-state index contributed by atoms with van der Waals surface area (Å²) in [6.45, 7) is 17.0. The van der Waals surface area contributed by atoms with E-state index in [0.29, 0.717) is 24.5 Å². The summed E-state index contributed by atoms with van der Waals surface area (Å²) in [6.07, 6.45) is 0. The first-order chi connectivity index (χ1) is 13.9. The molecule has 3 heterocycles. The maximum Gasteiger partial charge on any atom is 0.192 e. The monoisotopic (exact) mass is 534 g/mol. The average Bonchev–Trinajstić information content (AvgIpc) is 3.23. The third kappa shape index (κ3) is 7.03. The highest BCUT2D eigenvalue weighted by molar-refractivity contribution is 14.0. The molecule has 0 saturated carbocycles. The van der Waals surface area contributed by atoms with Crippen molar-refractivity contribution < 1.29 is 4.74 Å². The van der Waals surface area contributed by atoms with Gasteiger partial charge in [-0.3, -0.25) is 9.80 Å². The largest absolute Gasteiger partial charge is 0.379 e. The first kappa shape index (κ1) is 25.3. The number of aryl methyl sites for hydroxylation is 1. The molecule has 2 aliphatic rings. The molecular formula is C20H39IN8O. The third-order valence-electron chi connectivity index (χ3n) is 6.08. The van der Waals surface area contributed by atoms with Gasteiger partial charge in [0, 0.05) is 58.4 Å². The zero-order valence-electron chi connectivity index (χ0n) is 19.1. The van der Waals surface area contributed by atoms with Crippen molar-refractivity contribution in [3.8, 4) is 0 Å². The molecule has 30 heavy (non-hydrogen) atoms. The standard InChI is InChI=1S/C20H38N8O.HI/c1-15(2)28-13-16(3)18(14-28)23-20(21-6-7-27-8-10-29-11-9-27)22-12-19-25-24-17(4)26(19)5;/h15-16,18H,6-14H2,1-5H3,(H2,21,22,23);1H. The van der Waals surface area contributed by atoms with Crippen molar-refractivity contribution in [2.45, 2.75) is 46.3 Å². The van der Waals surface area contributed by atoms with E-state index in [1.165, 1.54) is 0 Å². The molecule has 0 bridgehead atoms. The molecule has 10 heteroatoms. The maximum absolute atomic E-state index is 5.44. The Morgan fingerprint density at radius 3 is 2.57 bits per heavy atom. The van der Waals surface area contributed by atoms with Crippen LogP contribution in [0.1, 0.15) is 32.4 Å². The van der Waals surface area contributed by atoms with Crippen LogP contribution in [-0.4, -0.2) is 95.1 Å². The summed E-state index contributed by atoms with van der Waals surface area (Å²) in [5, 5.41) is 15.6. The molecule has 2 atom stereocenters. The number of aliphatic imine (C=N–C) groups is 1. The minimum Gasteiger partial charge on any atom is -0.379 e. The van der Waals surface area contributed by atoms with Gasteiger partial charge in [0.1, 0.15) is 12.4 Å². The Bertz CT molecular complexity index is 674. The van der Waals surface area contributed by atoms with Crippen molar-refractivity contribution in [1.82, 2.24) is 35.2 Å². The van der Waals surface area contributed by atoms with E-state index in [1.54, 1.807) is 0 Å². The number of nitrogens with zero attached hydrogens (tertiary/aromatic N) is 6. The minimum atomic E-state index is 0. The van der Waals surface area contributed by atoms with Gasteiger partial charge in [-0.2, -0.15) is 0 Å². The predicted octanol–water partition coefficient (Wildman–Crippen LogP) is 0.838. The van der Waals surface area contributed by atoms with Crippen LogP contribution in [-0.2, 0) is 18.3 Å². The van der Waals surface area contributed by atoms with Gasteiger partial charge in [0.05, 0.1) is 13.2 Å². The molecule has 9 nitrogen and oxygen atoms in total.